The molecule has 0 saturated heterocycles. The fourth-order valence-corrected chi connectivity index (χ4v) is 7.51. The summed E-state index contributed by atoms with van der Waals surface area (Å²) in [4.78, 5) is 16.7. The van der Waals surface area contributed by atoms with Gasteiger partial charge in [-0.3, -0.25) is 13.6 Å². The molecular weight excluding hydrogens is 542 g/mol. The number of rotatable bonds is 11. The summed E-state index contributed by atoms with van der Waals surface area (Å²) in [6.07, 6.45) is 0.0680. The number of benzene rings is 2. The molecule has 0 fully saturated rings. The summed E-state index contributed by atoms with van der Waals surface area (Å²) in [6.45, 7) is -0.770. The lowest BCUT2D eigenvalue weighted by atomic mass is 10.1. The van der Waals surface area contributed by atoms with Crippen molar-refractivity contribution in [1.82, 2.24) is 9.55 Å². The molecule has 0 saturated carbocycles. The van der Waals surface area contributed by atoms with Crippen molar-refractivity contribution in [2.45, 2.75) is 19.8 Å². The van der Waals surface area contributed by atoms with Crippen molar-refractivity contribution in [2.75, 3.05) is 28.6 Å². The average molecular weight is 566 g/mol. The van der Waals surface area contributed by atoms with E-state index in [9.17, 15) is 34.8 Å². The minimum absolute atomic E-state index is 0.111. The highest BCUT2D eigenvalue weighted by Crippen LogP contribution is 2.37. The van der Waals surface area contributed by atoms with E-state index in [1.807, 2.05) is 0 Å². The third-order valence-corrected chi connectivity index (χ3v) is 9.65. The van der Waals surface area contributed by atoms with Crippen molar-refractivity contribution in [3.8, 4) is 11.5 Å². The Kier molecular flexibility index (Phi) is 8.47. The van der Waals surface area contributed by atoms with Crippen molar-refractivity contribution in [1.29, 1.82) is 0 Å². The minimum Gasteiger partial charge on any atom is -0.454 e. The van der Waals surface area contributed by atoms with Crippen LogP contribution in [0.2, 0.25) is 0 Å². The summed E-state index contributed by atoms with van der Waals surface area (Å²) in [5.74, 6) is -5.89. The van der Waals surface area contributed by atoms with E-state index in [0.717, 1.165) is 0 Å². The Morgan fingerprint density at radius 3 is 2.14 bits per heavy atom. The Bertz CT molecular complexity index is 1560. The minimum atomic E-state index is -4.93. The van der Waals surface area contributed by atoms with Crippen LogP contribution in [-0.4, -0.2) is 51.2 Å². The number of sulfonamides is 2. The van der Waals surface area contributed by atoms with Gasteiger partial charge in [-0.05, 0) is 31.9 Å². The first-order valence-electron chi connectivity index (χ1n) is 10.8. The standard InChI is InChI=1S/C22H23F4N3O6S2/c1-14-18(6-5-16-20(14)22(30)28(2)13-27-16)35-19-12-15(25)11-17(21(19)26)29(36(31,32)9-3-7-23)37(33,34)10-4-8-24/h5-6,11-13H,3-4,7-10H2,1-2H3. The maximum atomic E-state index is 15.6. The molecule has 0 atom stereocenters. The Balaban J connectivity index is 2.19. The van der Waals surface area contributed by atoms with Crippen molar-refractivity contribution in [3.63, 3.8) is 0 Å². The van der Waals surface area contributed by atoms with Gasteiger partial charge >= 0.3 is 0 Å². The number of anilines is 1. The lowest BCUT2D eigenvalue weighted by Crippen LogP contribution is -2.40. The zero-order chi connectivity index (χ0) is 27.5. The molecule has 0 aliphatic heterocycles. The van der Waals surface area contributed by atoms with Gasteiger partial charge in [0.15, 0.2) is 11.6 Å². The highest BCUT2D eigenvalue weighted by atomic mass is 32.3. The Hall–Kier alpha value is -3.20. The van der Waals surface area contributed by atoms with Gasteiger partial charge in [-0.1, -0.05) is 0 Å². The van der Waals surface area contributed by atoms with Crippen LogP contribution in [0.3, 0.4) is 0 Å². The molecular formula is C22H23F4N3O6S2. The van der Waals surface area contributed by atoms with E-state index >= 15 is 4.39 Å². The molecule has 1 aromatic heterocycles. The molecule has 0 bridgehead atoms. The van der Waals surface area contributed by atoms with E-state index in [1.54, 1.807) is 0 Å². The zero-order valence-electron chi connectivity index (χ0n) is 19.7. The van der Waals surface area contributed by atoms with Crippen molar-refractivity contribution in [2.24, 2.45) is 7.05 Å². The Morgan fingerprint density at radius 2 is 1.57 bits per heavy atom. The fraction of sp³-hybridized carbons (Fsp3) is 0.364. The average Bonchev–Trinajstić information content (AvgIpc) is 2.83. The third-order valence-electron chi connectivity index (χ3n) is 5.28. The van der Waals surface area contributed by atoms with Gasteiger partial charge in [-0.15, -0.1) is 0 Å². The maximum Gasteiger partial charge on any atom is 0.261 e. The van der Waals surface area contributed by atoms with Gasteiger partial charge in [0.1, 0.15) is 17.3 Å². The summed E-state index contributed by atoms with van der Waals surface area (Å²) in [5.41, 5.74) is -1.17. The predicted octanol–water partition coefficient (Wildman–Crippen LogP) is 3.50. The number of nitrogens with zero attached hydrogens (tertiary/aromatic N) is 3. The number of fused-ring (bicyclic) bond motifs is 1. The van der Waals surface area contributed by atoms with E-state index in [1.165, 1.54) is 37.0 Å². The molecule has 3 rings (SSSR count). The predicted molar refractivity (Wildman–Crippen MR) is 129 cm³/mol. The second-order valence-electron chi connectivity index (χ2n) is 8.00. The van der Waals surface area contributed by atoms with Gasteiger partial charge in [0.25, 0.3) is 5.56 Å². The molecule has 0 aliphatic carbocycles. The third kappa shape index (κ3) is 5.87. The molecule has 1 heterocycles. The first-order chi connectivity index (χ1) is 17.3. The lowest BCUT2D eigenvalue weighted by molar-refractivity contribution is 0.435. The number of hydrogen-bond acceptors (Lipinski definition) is 7. The first kappa shape index (κ1) is 28.4. The number of hydrogen-bond donors (Lipinski definition) is 0. The fourth-order valence-electron chi connectivity index (χ4n) is 3.53. The van der Waals surface area contributed by atoms with Gasteiger partial charge in [0.2, 0.25) is 20.0 Å². The van der Waals surface area contributed by atoms with E-state index in [2.05, 4.69) is 4.98 Å². The lowest BCUT2D eigenvalue weighted by Gasteiger charge is -2.25. The van der Waals surface area contributed by atoms with E-state index in [4.69, 9.17) is 4.74 Å². The maximum absolute atomic E-state index is 15.6. The molecule has 202 valence electrons. The summed E-state index contributed by atoms with van der Waals surface area (Å²) in [5, 5.41) is 0.128. The molecule has 9 nitrogen and oxygen atoms in total. The number of aryl methyl sites for hydroxylation is 2. The molecule has 0 radical (unpaired) electrons. The van der Waals surface area contributed by atoms with Gasteiger partial charge in [0.05, 0.1) is 42.1 Å². The van der Waals surface area contributed by atoms with Crippen LogP contribution in [0.25, 0.3) is 10.9 Å². The molecule has 37 heavy (non-hydrogen) atoms. The molecule has 0 spiro atoms. The van der Waals surface area contributed by atoms with Crippen LogP contribution < -0.4 is 14.0 Å². The quantitative estimate of drug-likeness (QED) is 0.327. The summed E-state index contributed by atoms with van der Waals surface area (Å²) >= 11 is 0. The molecule has 3 aromatic rings. The van der Waals surface area contributed by atoms with Gasteiger partial charge in [-0.25, -0.2) is 30.6 Å². The number of alkyl halides is 2. The molecule has 2 aromatic carbocycles. The Labute approximate surface area is 210 Å². The van der Waals surface area contributed by atoms with Crippen LogP contribution >= 0.6 is 0 Å². The molecule has 0 N–H and O–H groups in total. The largest absolute Gasteiger partial charge is 0.454 e. The van der Waals surface area contributed by atoms with E-state index < -0.39 is 86.4 Å². The molecule has 0 aliphatic rings. The second-order valence-corrected chi connectivity index (χ2v) is 12.1. The number of aromatic nitrogens is 2. The first-order valence-corrected chi connectivity index (χ1v) is 14.1. The van der Waals surface area contributed by atoms with Crippen molar-refractivity contribution < 1.29 is 39.1 Å². The van der Waals surface area contributed by atoms with Gasteiger partial charge in [-0.2, -0.15) is 3.71 Å². The summed E-state index contributed by atoms with van der Waals surface area (Å²) < 4.78 is 113. The smallest absolute Gasteiger partial charge is 0.261 e. The van der Waals surface area contributed by atoms with Crippen LogP contribution in [0.15, 0.2) is 35.4 Å². The zero-order valence-corrected chi connectivity index (χ0v) is 21.4. The molecule has 15 heteroatoms. The van der Waals surface area contributed by atoms with Crippen LogP contribution in [0, 0.1) is 18.6 Å². The second kappa shape index (κ2) is 11.0. The van der Waals surface area contributed by atoms with Crippen LogP contribution in [0.5, 0.6) is 11.5 Å². The van der Waals surface area contributed by atoms with Crippen molar-refractivity contribution >= 4 is 36.6 Å². The monoisotopic (exact) mass is 565 g/mol. The summed E-state index contributed by atoms with van der Waals surface area (Å²) in [7, 11) is -8.41. The van der Waals surface area contributed by atoms with Crippen LogP contribution in [-0.2, 0) is 27.1 Å². The molecule has 0 unspecified atom stereocenters. The van der Waals surface area contributed by atoms with Crippen LogP contribution in [0.1, 0.15) is 18.4 Å². The van der Waals surface area contributed by atoms with E-state index in [-0.39, 0.29) is 20.4 Å². The number of ether oxygens (including phenoxy) is 1. The SMILES string of the molecule is Cc1c(Oc2cc(F)cc(N(S(=O)(=O)CCCF)S(=O)(=O)CCCF)c2F)ccc2ncn(C)c(=O)c12. The number of halogens is 4. The highest BCUT2D eigenvalue weighted by molar-refractivity contribution is 8.10. The summed E-state index contributed by atoms with van der Waals surface area (Å²) in [6, 6.07) is 3.60. The van der Waals surface area contributed by atoms with Gasteiger partial charge in [0, 0.05) is 24.7 Å². The van der Waals surface area contributed by atoms with Gasteiger partial charge < -0.3 is 9.30 Å². The van der Waals surface area contributed by atoms with E-state index in [0.29, 0.717) is 17.6 Å². The van der Waals surface area contributed by atoms with Crippen molar-refractivity contribution in [3.05, 3.63) is 58.1 Å². The van der Waals surface area contributed by atoms with Crippen LogP contribution in [0.4, 0.5) is 23.2 Å². The molecule has 0 amide bonds. The Morgan fingerprint density at radius 1 is 0.973 bits per heavy atom. The normalized spacial score (nSPS) is 12.2. The highest BCUT2D eigenvalue weighted by Gasteiger charge is 2.37. The topological polar surface area (TPSA) is 116 Å².